The minimum atomic E-state index is -1.29. The van der Waals surface area contributed by atoms with Crippen LogP contribution in [0, 0.1) is 11.7 Å². The quantitative estimate of drug-likeness (QED) is 0.654. The van der Waals surface area contributed by atoms with Crippen molar-refractivity contribution in [2.45, 2.75) is 19.8 Å². The van der Waals surface area contributed by atoms with Crippen LogP contribution in [0.15, 0.2) is 4.79 Å². The molecule has 0 amide bonds. The molecule has 0 saturated carbocycles. The number of aliphatic carboxylic acids is 1. The van der Waals surface area contributed by atoms with E-state index in [1.165, 1.54) is 6.92 Å². The molecule has 1 atom stereocenters. The van der Waals surface area contributed by atoms with Gasteiger partial charge in [-0.25, -0.2) is 0 Å². The summed E-state index contributed by atoms with van der Waals surface area (Å²) in [6.45, 7) is 2.99. The summed E-state index contributed by atoms with van der Waals surface area (Å²) in [7, 11) is 0. The van der Waals surface area contributed by atoms with Gasteiger partial charge in [0.15, 0.2) is 4.77 Å². The van der Waals surface area contributed by atoms with Crippen LogP contribution in [0.5, 0.6) is 0 Å². The van der Waals surface area contributed by atoms with E-state index in [0.717, 1.165) is 0 Å². The summed E-state index contributed by atoms with van der Waals surface area (Å²) < 4.78 is 0.182. The molecule has 0 fully saturated rings. The van der Waals surface area contributed by atoms with Gasteiger partial charge in [0, 0.05) is 23.1 Å². The Kier molecular flexibility index (Phi) is 2.85. The van der Waals surface area contributed by atoms with E-state index in [9.17, 15) is 14.7 Å². The number of carboxylic acids is 1. The van der Waals surface area contributed by atoms with Gasteiger partial charge in [-0.1, -0.05) is 6.92 Å². The van der Waals surface area contributed by atoms with Crippen molar-refractivity contribution < 1.29 is 9.90 Å². The van der Waals surface area contributed by atoms with E-state index in [0.29, 0.717) is 5.69 Å². The largest absolute Gasteiger partial charge is 0.550 e. The van der Waals surface area contributed by atoms with Crippen LogP contribution in [0.1, 0.15) is 24.1 Å². The van der Waals surface area contributed by atoms with Crippen molar-refractivity contribution in [1.82, 2.24) is 9.97 Å². The van der Waals surface area contributed by atoms with Crippen LogP contribution in [0.4, 0.5) is 0 Å². The lowest BCUT2D eigenvalue weighted by Crippen LogP contribution is -2.32. The third kappa shape index (κ3) is 1.90. The minimum absolute atomic E-state index is 0.151. The molecule has 0 radical (unpaired) electrons. The second-order valence-electron chi connectivity index (χ2n) is 2.99. The lowest BCUT2D eigenvalue weighted by atomic mass is 10.0. The second-order valence-corrected chi connectivity index (χ2v) is 3.40. The molecule has 0 aromatic carbocycles. The number of hydrogen-bond donors (Lipinski definition) is 2. The van der Waals surface area contributed by atoms with Gasteiger partial charge in [0.2, 0.25) is 0 Å². The van der Waals surface area contributed by atoms with Gasteiger partial charge in [-0.3, -0.25) is 9.78 Å². The first-order valence-corrected chi connectivity index (χ1v) is 4.38. The van der Waals surface area contributed by atoms with Crippen molar-refractivity contribution in [2.24, 2.45) is 0 Å². The van der Waals surface area contributed by atoms with E-state index in [4.69, 9.17) is 12.2 Å². The Labute approximate surface area is 84.8 Å². The molecular formula is C8H9N2O3S-. The minimum Gasteiger partial charge on any atom is -0.550 e. The Morgan fingerprint density at radius 3 is 2.50 bits per heavy atom. The van der Waals surface area contributed by atoms with Gasteiger partial charge >= 0.3 is 0 Å². The van der Waals surface area contributed by atoms with Crippen LogP contribution >= 0.6 is 12.2 Å². The molecule has 76 valence electrons. The first-order chi connectivity index (χ1) is 6.43. The fraction of sp³-hybridized carbons (Fsp3) is 0.375. The highest BCUT2D eigenvalue weighted by atomic mass is 32.1. The van der Waals surface area contributed by atoms with Gasteiger partial charge in [0.05, 0.1) is 0 Å². The summed E-state index contributed by atoms with van der Waals surface area (Å²) in [5.41, 5.74) is 0.122. The van der Waals surface area contributed by atoms with Crippen molar-refractivity contribution >= 4 is 18.2 Å². The first-order valence-electron chi connectivity index (χ1n) is 3.97. The summed E-state index contributed by atoms with van der Waals surface area (Å²) in [5.74, 6) is -2.24. The van der Waals surface area contributed by atoms with Gasteiger partial charge in [-0.15, -0.1) is 0 Å². The smallest absolute Gasteiger partial charge is 0.255 e. The average Bonchev–Trinajstić information content (AvgIpc) is 2.01. The predicted molar refractivity (Wildman–Crippen MR) is 50.4 cm³/mol. The molecule has 5 nitrogen and oxygen atoms in total. The monoisotopic (exact) mass is 213 g/mol. The maximum absolute atomic E-state index is 11.4. The lowest BCUT2D eigenvalue weighted by molar-refractivity contribution is -0.307. The molecule has 14 heavy (non-hydrogen) atoms. The van der Waals surface area contributed by atoms with Crippen LogP contribution in [-0.2, 0) is 4.79 Å². The molecule has 1 heterocycles. The zero-order chi connectivity index (χ0) is 10.9. The summed E-state index contributed by atoms with van der Waals surface area (Å²) >= 11 is 4.72. The fourth-order valence-corrected chi connectivity index (χ4v) is 1.49. The molecule has 1 aromatic heterocycles. The van der Waals surface area contributed by atoms with E-state index < -0.39 is 17.4 Å². The molecule has 0 spiro atoms. The standard InChI is InChI=1S/C8H10N2O3S/c1-3(7(12)13)5-4(2)9-8(14)10-6(5)11/h3H,1-2H3,(H,12,13)(H2,9,10,11,14)/p-1/t3-/m1/s1. The third-order valence-corrected chi connectivity index (χ3v) is 2.17. The summed E-state index contributed by atoms with van der Waals surface area (Å²) in [4.78, 5) is 27.0. The molecule has 0 bridgehead atoms. The molecule has 1 rings (SSSR count). The van der Waals surface area contributed by atoms with Crippen LogP contribution in [0.25, 0.3) is 0 Å². The van der Waals surface area contributed by atoms with Crippen LogP contribution < -0.4 is 10.7 Å². The van der Waals surface area contributed by atoms with E-state index in [1.54, 1.807) is 6.92 Å². The topological polar surface area (TPSA) is 88.8 Å². The molecule has 6 heteroatoms. The molecule has 0 saturated heterocycles. The normalized spacial score (nSPS) is 12.4. The highest BCUT2D eigenvalue weighted by Crippen LogP contribution is 2.11. The summed E-state index contributed by atoms with van der Waals surface area (Å²) in [6.07, 6.45) is 0. The van der Waals surface area contributed by atoms with Gasteiger partial charge in [0.25, 0.3) is 5.56 Å². The number of carboxylic acid groups (broad SMARTS) is 1. The number of nitrogens with one attached hydrogen (secondary N) is 2. The van der Waals surface area contributed by atoms with E-state index in [1.807, 2.05) is 0 Å². The second kappa shape index (κ2) is 3.75. The maximum atomic E-state index is 11.4. The number of carbonyl (C=O) groups excluding carboxylic acids is 1. The van der Waals surface area contributed by atoms with Crippen molar-refractivity contribution in [2.75, 3.05) is 0 Å². The zero-order valence-electron chi connectivity index (χ0n) is 7.71. The van der Waals surface area contributed by atoms with Crippen LogP contribution in [0.3, 0.4) is 0 Å². The number of carbonyl (C=O) groups is 1. The molecule has 2 N–H and O–H groups in total. The average molecular weight is 213 g/mol. The van der Waals surface area contributed by atoms with Crippen molar-refractivity contribution in [3.05, 3.63) is 26.4 Å². The molecule has 0 aliphatic heterocycles. The first kappa shape index (κ1) is 10.6. The molecule has 0 aliphatic rings. The number of aromatic nitrogens is 2. The highest BCUT2D eigenvalue weighted by molar-refractivity contribution is 7.71. The Balaban J connectivity index is 3.42. The van der Waals surface area contributed by atoms with E-state index >= 15 is 0 Å². The van der Waals surface area contributed by atoms with Crippen molar-refractivity contribution in [1.29, 1.82) is 0 Å². The third-order valence-electron chi connectivity index (χ3n) is 1.96. The van der Waals surface area contributed by atoms with Gasteiger partial charge in [-0.2, -0.15) is 0 Å². The van der Waals surface area contributed by atoms with Crippen molar-refractivity contribution in [3.63, 3.8) is 0 Å². The predicted octanol–water partition coefficient (Wildman–Crippen LogP) is -0.406. The van der Waals surface area contributed by atoms with Gasteiger partial charge < -0.3 is 14.9 Å². The maximum Gasteiger partial charge on any atom is 0.255 e. The SMILES string of the molecule is Cc1[nH]c(=S)[nH]c(=O)c1[C@@H](C)C(=O)[O-]. The fourth-order valence-electron chi connectivity index (χ4n) is 1.25. The number of H-pyrrole nitrogens is 2. The number of aromatic amines is 2. The van der Waals surface area contributed by atoms with Gasteiger partial charge in [-0.05, 0) is 19.1 Å². The Hall–Kier alpha value is -1.43. The molecular weight excluding hydrogens is 204 g/mol. The Morgan fingerprint density at radius 1 is 1.50 bits per heavy atom. The zero-order valence-corrected chi connectivity index (χ0v) is 8.53. The van der Waals surface area contributed by atoms with E-state index in [2.05, 4.69) is 9.97 Å². The Morgan fingerprint density at radius 2 is 2.07 bits per heavy atom. The number of rotatable bonds is 2. The Bertz CT molecular complexity index is 474. The highest BCUT2D eigenvalue weighted by Gasteiger charge is 2.13. The number of hydrogen-bond acceptors (Lipinski definition) is 4. The summed E-state index contributed by atoms with van der Waals surface area (Å²) in [5, 5.41) is 10.6. The van der Waals surface area contributed by atoms with E-state index in [-0.39, 0.29) is 10.3 Å². The van der Waals surface area contributed by atoms with Crippen LogP contribution in [0.2, 0.25) is 0 Å². The lowest BCUT2D eigenvalue weighted by Gasteiger charge is -2.13. The van der Waals surface area contributed by atoms with Crippen LogP contribution in [-0.4, -0.2) is 15.9 Å². The molecule has 0 unspecified atom stereocenters. The molecule has 0 aliphatic carbocycles. The molecule has 1 aromatic rings. The van der Waals surface area contributed by atoms with Crippen molar-refractivity contribution in [3.8, 4) is 0 Å². The van der Waals surface area contributed by atoms with Gasteiger partial charge in [0.1, 0.15) is 0 Å². The number of aryl methyl sites for hydroxylation is 1. The summed E-state index contributed by atoms with van der Waals surface area (Å²) in [6, 6.07) is 0.